The summed E-state index contributed by atoms with van der Waals surface area (Å²) >= 11 is 6.24. The molecule has 1 aromatic heterocycles. The normalized spacial score (nSPS) is 15.5. The average molecular weight is 510 g/mol. The molecular formula is C31H28ClN3O2. The molecule has 1 aliphatic rings. The number of hydrogen-bond acceptors (Lipinski definition) is 3. The zero-order valence-corrected chi connectivity index (χ0v) is 21.4. The lowest BCUT2D eigenvalue weighted by Crippen LogP contribution is -2.48. The van der Waals surface area contributed by atoms with Crippen molar-refractivity contribution in [1.82, 2.24) is 9.88 Å². The summed E-state index contributed by atoms with van der Waals surface area (Å²) < 4.78 is 0. The van der Waals surface area contributed by atoms with Gasteiger partial charge in [0.2, 0.25) is 0 Å². The van der Waals surface area contributed by atoms with E-state index in [-0.39, 0.29) is 11.8 Å². The molecule has 0 spiro atoms. The van der Waals surface area contributed by atoms with Crippen LogP contribution in [0.3, 0.4) is 0 Å². The molecule has 1 unspecified atom stereocenters. The predicted molar refractivity (Wildman–Crippen MR) is 147 cm³/mol. The van der Waals surface area contributed by atoms with E-state index in [2.05, 4.69) is 0 Å². The number of aromatic nitrogens is 1. The first-order valence-corrected chi connectivity index (χ1v) is 12.9. The second kappa shape index (κ2) is 11.0. The minimum atomic E-state index is -0.592. The summed E-state index contributed by atoms with van der Waals surface area (Å²) in [6.07, 6.45) is 3.05. The SMILES string of the molecule is CCCC1C(=O)N(Cc2ccccc2)c2ncc(-c3cccc(Cl)c3)cc2C(=O)N1Cc1ccccc1. The second-order valence-corrected chi connectivity index (χ2v) is 9.68. The molecule has 0 aliphatic carbocycles. The third-order valence-electron chi connectivity index (χ3n) is 6.64. The van der Waals surface area contributed by atoms with E-state index in [0.29, 0.717) is 35.9 Å². The lowest BCUT2D eigenvalue weighted by molar-refractivity contribution is -0.123. The van der Waals surface area contributed by atoms with Gasteiger partial charge in [-0.2, -0.15) is 0 Å². The van der Waals surface area contributed by atoms with Crippen LogP contribution in [0.1, 0.15) is 41.3 Å². The minimum absolute atomic E-state index is 0.114. The molecule has 1 aliphatic heterocycles. The Morgan fingerprint density at radius 3 is 2.14 bits per heavy atom. The van der Waals surface area contributed by atoms with Gasteiger partial charge in [-0.05, 0) is 41.3 Å². The summed E-state index contributed by atoms with van der Waals surface area (Å²) in [6.45, 7) is 2.71. The molecule has 0 saturated heterocycles. The number of hydrogen-bond donors (Lipinski definition) is 0. The van der Waals surface area contributed by atoms with Gasteiger partial charge in [0.1, 0.15) is 11.9 Å². The summed E-state index contributed by atoms with van der Waals surface area (Å²) in [5, 5.41) is 0.605. The predicted octanol–water partition coefficient (Wildman–Crippen LogP) is 6.76. The van der Waals surface area contributed by atoms with Crippen molar-refractivity contribution in [1.29, 1.82) is 0 Å². The number of benzene rings is 3. The molecule has 5 nitrogen and oxygen atoms in total. The van der Waals surface area contributed by atoms with Gasteiger partial charge in [0.05, 0.1) is 12.1 Å². The van der Waals surface area contributed by atoms with Gasteiger partial charge < -0.3 is 4.90 Å². The molecular weight excluding hydrogens is 482 g/mol. The highest BCUT2D eigenvalue weighted by Gasteiger charge is 2.40. The van der Waals surface area contributed by atoms with E-state index in [0.717, 1.165) is 28.7 Å². The van der Waals surface area contributed by atoms with E-state index in [1.807, 2.05) is 97.9 Å². The van der Waals surface area contributed by atoms with Crippen LogP contribution < -0.4 is 4.90 Å². The van der Waals surface area contributed by atoms with Gasteiger partial charge >= 0.3 is 0 Å². The minimum Gasteiger partial charge on any atom is -0.322 e. The molecule has 0 fully saturated rings. The Labute approximate surface area is 222 Å². The Bertz CT molecular complexity index is 1410. The molecule has 6 heteroatoms. The maximum Gasteiger partial charge on any atom is 0.258 e. The maximum absolute atomic E-state index is 14.2. The first kappa shape index (κ1) is 24.7. The van der Waals surface area contributed by atoms with Gasteiger partial charge in [-0.3, -0.25) is 14.5 Å². The fourth-order valence-electron chi connectivity index (χ4n) is 4.80. The van der Waals surface area contributed by atoms with Crippen LogP contribution in [-0.4, -0.2) is 27.7 Å². The average Bonchev–Trinajstić information content (AvgIpc) is 3.00. The van der Waals surface area contributed by atoms with E-state index in [9.17, 15) is 9.59 Å². The van der Waals surface area contributed by atoms with Crippen LogP contribution in [0.15, 0.2) is 97.2 Å². The van der Waals surface area contributed by atoms with Crippen molar-refractivity contribution in [3.63, 3.8) is 0 Å². The topological polar surface area (TPSA) is 53.5 Å². The van der Waals surface area contributed by atoms with E-state index in [4.69, 9.17) is 16.6 Å². The lowest BCUT2D eigenvalue weighted by Gasteiger charge is -2.31. The van der Waals surface area contributed by atoms with Gasteiger partial charge in [-0.25, -0.2) is 4.98 Å². The molecule has 0 radical (unpaired) electrons. The van der Waals surface area contributed by atoms with Crippen LogP contribution in [0.25, 0.3) is 11.1 Å². The van der Waals surface area contributed by atoms with Crippen molar-refractivity contribution >= 4 is 29.2 Å². The van der Waals surface area contributed by atoms with Crippen LogP contribution in [0.5, 0.6) is 0 Å². The molecule has 5 rings (SSSR count). The fourth-order valence-corrected chi connectivity index (χ4v) is 4.99. The Hall–Kier alpha value is -3.96. The molecule has 0 bridgehead atoms. The van der Waals surface area contributed by atoms with Gasteiger partial charge in [0.15, 0.2) is 0 Å². The molecule has 2 amide bonds. The first-order chi connectivity index (χ1) is 18.0. The highest BCUT2D eigenvalue weighted by atomic mass is 35.5. The van der Waals surface area contributed by atoms with E-state index >= 15 is 0 Å². The zero-order chi connectivity index (χ0) is 25.8. The van der Waals surface area contributed by atoms with Gasteiger partial charge in [-0.1, -0.05) is 97.7 Å². The molecule has 0 saturated carbocycles. The molecule has 37 heavy (non-hydrogen) atoms. The molecule has 4 aromatic rings. The number of pyridine rings is 1. The monoisotopic (exact) mass is 509 g/mol. The van der Waals surface area contributed by atoms with Crippen molar-refractivity contribution in [2.75, 3.05) is 4.90 Å². The van der Waals surface area contributed by atoms with Crippen LogP contribution >= 0.6 is 11.6 Å². The van der Waals surface area contributed by atoms with Crippen LogP contribution in [-0.2, 0) is 17.9 Å². The summed E-state index contributed by atoms with van der Waals surface area (Å²) in [7, 11) is 0. The van der Waals surface area contributed by atoms with E-state index in [1.165, 1.54) is 0 Å². The lowest BCUT2D eigenvalue weighted by atomic mass is 10.0. The highest BCUT2D eigenvalue weighted by Crippen LogP contribution is 2.33. The van der Waals surface area contributed by atoms with Crippen LogP contribution in [0, 0.1) is 0 Å². The number of amides is 2. The number of anilines is 1. The Kier molecular flexibility index (Phi) is 7.33. The van der Waals surface area contributed by atoms with Gasteiger partial charge in [0, 0.05) is 23.3 Å². The largest absolute Gasteiger partial charge is 0.322 e. The van der Waals surface area contributed by atoms with Crippen molar-refractivity contribution in [2.45, 2.75) is 38.9 Å². The Morgan fingerprint density at radius 2 is 1.49 bits per heavy atom. The molecule has 3 aromatic carbocycles. The number of fused-ring (bicyclic) bond motifs is 1. The number of carbonyl (C=O) groups excluding carboxylic acids is 2. The third kappa shape index (κ3) is 5.27. The third-order valence-corrected chi connectivity index (χ3v) is 6.88. The Balaban J connectivity index is 1.65. The van der Waals surface area contributed by atoms with Crippen molar-refractivity contribution < 1.29 is 9.59 Å². The summed E-state index contributed by atoms with van der Waals surface area (Å²) in [5.74, 6) is 0.0793. The Morgan fingerprint density at radius 1 is 0.811 bits per heavy atom. The van der Waals surface area contributed by atoms with Crippen molar-refractivity contribution in [2.24, 2.45) is 0 Å². The maximum atomic E-state index is 14.2. The molecule has 1 atom stereocenters. The van der Waals surface area contributed by atoms with Gasteiger partial charge in [0.25, 0.3) is 11.8 Å². The number of halogens is 1. The molecule has 2 heterocycles. The standard InChI is InChI=1S/C31H28ClN3O2/c1-2-10-28-31(37)35(21-23-13-7-4-8-14-23)29-27(30(36)34(28)20-22-11-5-3-6-12-22)18-25(19-33-29)24-15-9-16-26(32)17-24/h3-9,11-19,28H,2,10,20-21H2,1H3. The number of rotatable bonds is 7. The quantitative estimate of drug-likeness (QED) is 0.276. The number of nitrogens with zero attached hydrogens (tertiary/aromatic N) is 3. The molecule has 186 valence electrons. The highest BCUT2D eigenvalue weighted by molar-refractivity contribution is 6.30. The van der Waals surface area contributed by atoms with Crippen LogP contribution in [0.4, 0.5) is 5.82 Å². The fraction of sp³-hybridized carbons (Fsp3) is 0.194. The first-order valence-electron chi connectivity index (χ1n) is 12.5. The van der Waals surface area contributed by atoms with E-state index in [1.54, 1.807) is 16.0 Å². The smallest absolute Gasteiger partial charge is 0.258 e. The van der Waals surface area contributed by atoms with Gasteiger partial charge in [-0.15, -0.1) is 0 Å². The number of carbonyl (C=O) groups is 2. The summed E-state index contributed by atoms with van der Waals surface area (Å²) in [5.41, 5.74) is 4.00. The van der Waals surface area contributed by atoms with Crippen molar-refractivity contribution in [3.8, 4) is 11.1 Å². The second-order valence-electron chi connectivity index (χ2n) is 9.24. The van der Waals surface area contributed by atoms with Crippen LogP contribution in [0.2, 0.25) is 5.02 Å². The molecule has 0 N–H and O–H groups in total. The van der Waals surface area contributed by atoms with Crippen molar-refractivity contribution in [3.05, 3.63) is 119 Å². The summed E-state index contributed by atoms with van der Waals surface area (Å²) in [6, 6.07) is 28.3. The van der Waals surface area contributed by atoms with E-state index < -0.39 is 6.04 Å². The zero-order valence-electron chi connectivity index (χ0n) is 20.7. The summed E-state index contributed by atoms with van der Waals surface area (Å²) in [4.78, 5) is 36.4.